The molecule has 0 saturated carbocycles. The molecule has 1 aliphatic heterocycles. The summed E-state index contributed by atoms with van der Waals surface area (Å²) in [7, 11) is 0. The molecule has 1 heterocycles. The number of hydrogen-bond acceptors (Lipinski definition) is 3. The molecule has 2 atom stereocenters. The van der Waals surface area contributed by atoms with Crippen molar-refractivity contribution >= 4 is 16.6 Å². The molecule has 0 aliphatic carbocycles. The summed E-state index contributed by atoms with van der Waals surface area (Å²) in [6, 6.07) is 31.6. The molecule has 1 fully saturated rings. The first-order valence-electron chi connectivity index (χ1n) is 9.74. The first-order valence-corrected chi connectivity index (χ1v) is 9.74. The van der Waals surface area contributed by atoms with E-state index in [0.29, 0.717) is 17.9 Å². The van der Waals surface area contributed by atoms with Crippen LogP contribution < -0.4 is 4.74 Å². The van der Waals surface area contributed by atoms with E-state index in [1.807, 2.05) is 78.9 Å². The summed E-state index contributed by atoms with van der Waals surface area (Å²) in [5.41, 5.74) is 2.69. The van der Waals surface area contributed by atoms with Gasteiger partial charge in [0, 0.05) is 0 Å². The SMILES string of the molecule is O=C(c1ccccc1OCc1ccccc1)[C@H]1O[C@@H]1c1cccc2ccccc12. The Morgan fingerprint density at radius 2 is 1.52 bits per heavy atom. The summed E-state index contributed by atoms with van der Waals surface area (Å²) in [4.78, 5) is 13.2. The lowest BCUT2D eigenvalue weighted by molar-refractivity contribution is 0.0949. The van der Waals surface area contributed by atoms with Crippen molar-refractivity contribution < 1.29 is 14.3 Å². The zero-order valence-corrected chi connectivity index (χ0v) is 15.8. The molecule has 4 aromatic carbocycles. The van der Waals surface area contributed by atoms with Crippen LogP contribution in [0.4, 0.5) is 0 Å². The van der Waals surface area contributed by atoms with Gasteiger partial charge < -0.3 is 9.47 Å². The second-order valence-corrected chi connectivity index (χ2v) is 7.18. The molecule has 0 aromatic heterocycles. The minimum Gasteiger partial charge on any atom is -0.488 e. The number of benzene rings is 4. The summed E-state index contributed by atoms with van der Waals surface area (Å²) in [5.74, 6) is 0.556. The number of fused-ring (bicyclic) bond motifs is 1. The van der Waals surface area contributed by atoms with E-state index in [0.717, 1.165) is 21.9 Å². The van der Waals surface area contributed by atoms with Crippen LogP contribution in [-0.2, 0) is 11.3 Å². The molecule has 29 heavy (non-hydrogen) atoms. The summed E-state index contributed by atoms with van der Waals surface area (Å²) < 4.78 is 11.8. The van der Waals surface area contributed by atoms with Crippen molar-refractivity contribution in [2.24, 2.45) is 0 Å². The normalized spacial score (nSPS) is 17.8. The van der Waals surface area contributed by atoms with Gasteiger partial charge in [0.2, 0.25) is 0 Å². The van der Waals surface area contributed by atoms with Crippen LogP contribution >= 0.6 is 0 Å². The first-order chi connectivity index (χ1) is 14.3. The molecule has 0 N–H and O–H groups in total. The Morgan fingerprint density at radius 3 is 2.41 bits per heavy atom. The fourth-order valence-electron chi connectivity index (χ4n) is 3.73. The van der Waals surface area contributed by atoms with Gasteiger partial charge in [-0.25, -0.2) is 0 Å². The van der Waals surface area contributed by atoms with Crippen molar-refractivity contribution in [2.45, 2.75) is 18.8 Å². The third-order valence-corrected chi connectivity index (χ3v) is 5.27. The maximum atomic E-state index is 13.2. The third-order valence-electron chi connectivity index (χ3n) is 5.27. The van der Waals surface area contributed by atoms with Gasteiger partial charge in [0.1, 0.15) is 18.5 Å². The number of rotatable bonds is 6. The average molecular weight is 380 g/mol. The predicted octanol–water partition coefficient (Wildman–Crippen LogP) is 5.74. The standard InChI is InChI=1S/C26H20O3/c27-24(22-14-6-7-16-23(22)28-17-18-9-2-1-3-10-18)26-25(29-26)21-15-8-12-19-11-4-5-13-20(19)21/h1-16,25-26H,17H2/t25-,26-/m1/s1. The number of carbonyl (C=O) groups is 1. The molecular weight excluding hydrogens is 360 g/mol. The molecule has 0 bridgehead atoms. The van der Waals surface area contributed by atoms with Crippen LogP contribution in [0.5, 0.6) is 5.75 Å². The Hall–Kier alpha value is -3.43. The number of hydrogen-bond donors (Lipinski definition) is 0. The number of ether oxygens (including phenoxy) is 2. The number of epoxide rings is 1. The maximum absolute atomic E-state index is 13.2. The van der Waals surface area contributed by atoms with Gasteiger partial charge in [-0.1, -0.05) is 84.9 Å². The smallest absolute Gasteiger partial charge is 0.198 e. The van der Waals surface area contributed by atoms with E-state index in [4.69, 9.17) is 9.47 Å². The molecule has 1 aliphatic rings. The minimum absolute atomic E-state index is 0.0356. The monoisotopic (exact) mass is 380 g/mol. The predicted molar refractivity (Wildman–Crippen MR) is 113 cm³/mol. The molecule has 0 spiro atoms. The molecule has 0 amide bonds. The van der Waals surface area contributed by atoms with Crippen molar-refractivity contribution in [3.05, 3.63) is 114 Å². The summed E-state index contributed by atoms with van der Waals surface area (Å²) >= 11 is 0. The van der Waals surface area contributed by atoms with Crippen LogP contribution in [0.2, 0.25) is 0 Å². The van der Waals surface area contributed by atoms with Crippen molar-refractivity contribution in [1.29, 1.82) is 0 Å². The van der Waals surface area contributed by atoms with Crippen LogP contribution in [0.25, 0.3) is 10.8 Å². The Balaban J connectivity index is 1.37. The Labute approximate surface area is 169 Å². The summed E-state index contributed by atoms with van der Waals surface area (Å²) in [5, 5.41) is 2.28. The van der Waals surface area contributed by atoms with Gasteiger partial charge in [-0.2, -0.15) is 0 Å². The van der Waals surface area contributed by atoms with Gasteiger partial charge in [0.25, 0.3) is 0 Å². The molecule has 0 radical (unpaired) electrons. The molecular formula is C26H20O3. The lowest BCUT2D eigenvalue weighted by atomic mass is 9.98. The highest BCUT2D eigenvalue weighted by Crippen LogP contribution is 2.44. The topological polar surface area (TPSA) is 38.8 Å². The summed E-state index contributed by atoms with van der Waals surface area (Å²) in [6.07, 6.45) is -0.682. The van der Waals surface area contributed by atoms with E-state index in [1.165, 1.54) is 0 Å². The number of carbonyl (C=O) groups excluding carboxylic acids is 1. The fourth-order valence-corrected chi connectivity index (χ4v) is 3.73. The lowest BCUT2D eigenvalue weighted by Gasteiger charge is -2.10. The van der Waals surface area contributed by atoms with E-state index >= 15 is 0 Å². The van der Waals surface area contributed by atoms with Crippen LogP contribution in [0.1, 0.15) is 27.6 Å². The van der Waals surface area contributed by atoms with Crippen LogP contribution in [-0.4, -0.2) is 11.9 Å². The zero-order valence-electron chi connectivity index (χ0n) is 15.8. The van der Waals surface area contributed by atoms with E-state index in [9.17, 15) is 4.79 Å². The van der Waals surface area contributed by atoms with E-state index in [-0.39, 0.29) is 11.9 Å². The van der Waals surface area contributed by atoms with Crippen LogP contribution in [0.15, 0.2) is 97.1 Å². The maximum Gasteiger partial charge on any atom is 0.198 e. The van der Waals surface area contributed by atoms with E-state index in [1.54, 1.807) is 0 Å². The van der Waals surface area contributed by atoms with Crippen molar-refractivity contribution in [3.63, 3.8) is 0 Å². The Bertz CT molecular complexity index is 1160. The highest BCUT2D eigenvalue weighted by molar-refractivity contribution is 6.04. The van der Waals surface area contributed by atoms with Gasteiger partial charge in [0.15, 0.2) is 11.9 Å². The van der Waals surface area contributed by atoms with Gasteiger partial charge in [0.05, 0.1) is 5.56 Å². The van der Waals surface area contributed by atoms with Gasteiger partial charge in [-0.3, -0.25) is 4.79 Å². The fraction of sp³-hybridized carbons (Fsp3) is 0.115. The number of ketones is 1. The number of Topliss-reactive ketones (excluding diaryl/α,β-unsaturated/α-hetero) is 1. The second kappa shape index (κ2) is 7.53. The summed E-state index contributed by atoms with van der Waals surface area (Å²) in [6.45, 7) is 0.420. The Morgan fingerprint density at radius 1 is 0.793 bits per heavy atom. The van der Waals surface area contributed by atoms with Gasteiger partial charge in [-0.05, 0) is 34.0 Å². The third kappa shape index (κ3) is 3.53. The number of para-hydroxylation sites is 1. The first kappa shape index (κ1) is 17.7. The zero-order chi connectivity index (χ0) is 19.6. The van der Waals surface area contributed by atoms with Crippen molar-refractivity contribution in [1.82, 2.24) is 0 Å². The van der Waals surface area contributed by atoms with Gasteiger partial charge in [-0.15, -0.1) is 0 Å². The Kier molecular flexibility index (Phi) is 4.59. The molecule has 3 heteroatoms. The largest absolute Gasteiger partial charge is 0.488 e. The highest BCUT2D eigenvalue weighted by atomic mass is 16.6. The van der Waals surface area contributed by atoms with E-state index < -0.39 is 6.10 Å². The highest BCUT2D eigenvalue weighted by Gasteiger charge is 2.47. The van der Waals surface area contributed by atoms with E-state index in [2.05, 4.69) is 18.2 Å². The molecule has 142 valence electrons. The molecule has 4 aromatic rings. The minimum atomic E-state index is -0.470. The molecule has 5 rings (SSSR count). The molecule has 1 saturated heterocycles. The molecule has 3 nitrogen and oxygen atoms in total. The second-order valence-electron chi connectivity index (χ2n) is 7.18. The lowest BCUT2D eigenvalue weighted by Crippen LogP contribution is -2.11. The molecule has 0 unspecified atom stereocenters. The van der Waals surface area contributed by atoms with Crippen LogP contribution in [0, 0.1) is 0 Å². The average Bonchev–Trinajstić information content (AvgIpc) is 3.58. The van der Waals surface area contributed by atoms with Crippen molar-refractivity contribution in [2.75, 3.05) is 0 Å². The van der Waals surface area contributed by atoms with Crippen LogP contribution in [0.3, 0.4) is 0 Å². The quantitative estimate of drug-likeness (QED) is 0.316. The van der Waals surface area contributed by atoms with Crippen molar-refractivity contribution in [3.8, 4) is 5.75 Å². The van der Waals surface area contributed by atoms with Gasteiger partial charge >= 0.3 is 0 Å².